The van der Waals surface area contributed by atoms with Crippen LogP contribution in [0.15, 0.2) is 42.7 Å². The van der Waals surface area contributed by atoms with Gasteiger partial charge in [-0.3, -0.25) is 5.10 Å². The number of imidazole rings is 1. The highest BCUT2D eigenvalue weighted by Gasteiger charge is 2.14. The van der Waals surface area contributed by atoms with Crippen molar-refractivity contribution < 1.29 is 0 Å². The molecule has 7 heteroatoms. The van der Waals surface area contributed by atoms with Crippen LogP contribution < -0.4 is 10.2 Å². The zero-order chi connectivity index (χ0) is 15.9. The first-order valence-corrected chi connectivity index (χ1v) is 8.12. The number of fused-ring (bicyclic) bond motifs is 2. The molecular weight excluding hydrogens is 302 g/mol. The molecule has 120 valence electrons. The molecule has 0 amide bonds. The van der Waals surface area contributed by atoms with E-state index in [-0.39, 0.29) is 0 Å². The van der Waals surface area contributed by atoms with Crippen LogP contribution in [0.2, 0.25) is 0 Å². The molecule has 3 aromatic heterocycles. The highest BCUT2D eigenvalue weighted by atomic mass is 15.3. The Labute approximate surface area is 138 Å². The fourth-order valence-electron chi connectivity index (χ4n) is 3.23. The second-order valence-corrected chi connectivity index (χ2v) is 6.01. The van der Waals surface area contributed by atoms with Crippen molar-refractivity contribution in [3.63, 3.8) is 0 Å². The van der Waals surface area contributed by atoms with Gasteiger partial charge in [-0.1, -0.05) is 6.07 Å². The van der Waals surface area contributed by atoms with Crippen LogP contribution in [0.3, 0.4) is 0 Å². The third kappa shape index (κ3) is 2.13. The van der Waals surface area contributed by atoms with Crippen molar-refractivity contribution in [2.24, 2.45) is 0 Å². The van der Waals surface area contributed by atoms with E-state index in [2.05, 4.69) is 43.6 Å². The first-order valence-electron chi connectivity index (χ1n) is 8.12. The number of rotatable bonds is 2. The van der Waals surface area contributed by atoms with Crippen LogP contribution in [0.5, 0.6) is 0 Å². The van der Waals surface area contributed by atoms with E-state index in [9.17, 15) is 0 Å². The average Bonchev–Trinajstić information content (AvgIpc) is 3.27. The molecule has 0 spiro atoms. The van der Waals surface area contributed by atoms with E-state index in [1.165, 1.54) is 0 Å². The fraction of sp³-hybridized carbons (Fsp3) is 0.235. The Kier molecular flexibility index (Phi) is 2.99. The van der Waals surface area contributed by atoms with Gasteiger partial charge in [0.25, 0.3) is 0 Å². The largest absolute Gasteiger partial charge is 0.353 e. The molecule has 0 radical (unpaired) electrons. The average molecular weight is 319 g/mol. The smallest absolute Gasteiger partial charge is 0.154 e. The van der Waals surface area contributed by atoms with Gasteiger partial charge in [-0.2, -0.15) is 5.10 Å². The lowest BCUT2D eigenvalue weighted by atomic mass is 10.1. The van der Waals surface area contributed by atoms with Crippen molar-refractivity contribution in [2.75, 3.05) is 31.1 Å². The predicted molar refractivity (Wildman–Crippen MR) is 93.2 cm³/mol. The molecule has 0 unspecified atom stereocenters. The number of nitrogens with one attached hydrogen (secondary N) is 2. The number of anilines is 1. The summed E-state index contributed by atoms with van der Waals surface area (Å²) in [5.41, 5.74) is 3.96. The zero-order valence-corrected chi connectivity index (χ0v) is 13.1. The minimum absolute atomic E-state index is 0.858. The lowest BCUT2D eigenvalue weighted by molar-refractivity contribution is 0.582. The monoisotopic (exact) mass is 319 g/mol. The van der Waals surface area contributed by atoms with E-state index in [1.54, 1.807) is 0 Å². The SMILES string of the molecule is c1cc2[nH]ncc2cc1-c1cnc2ccc(N3CCNCC3)nn12. The molecule has 1 fully saturated rings. The molecule has 1 saturated heterocycles. The van der Waals surface area contributed by atoms with E-state index >= 15 is 0 Å². The number of hydrogen-bond donors (Lipinski definition) is 2. The van der Waals surface area contributed by atoms with Gasteiger partial charge in [0.15, 0.2) is 5.65 Å². The normalized spacial score (nSPS) is 15.4. The van der Waals surface area contributed by atoms with Gasteiger partial charge in [0, 0.05) is 37.1 Å². The van der Waals surface area contributed by atoms with E-state index in [0.717, 1.165) is 59.8 Å². The molecule has 0 aliphatic carbocycles. The highest BCUT2D eigenvalue weighted by Crippen LogP contribution is 2.25. The van der Waals surface area contributed by atoms with Gasteiger partial charge >= 0.3 is 0 Å². The van der Waals surface area contributed by atoms with Gasteiger partial charge in [-0.05, 0) is 24.3 Å². The molecule has 24 heavy (non-hydrogen) atoms. The van der Waals surface area contributed by atoms with E-state index in [4.69, 9.17) is 5.10 Å². The van der Waals surface area contributed by atoms with Crippen LogP contribution in [0.25, 0.3) is 27.8 Å². The van der Waals surface area contributed by atoms with Crippen LogP contribution in [0, 0.1) is 0 Å². The number of aromatic nitrogens is 5. The van der Waals surface area contributed by atoms with Crippen LogP contribution in [0.4, 0.5) is 5.82 Å². The first kappa shape index (κ1) is 13.5. The van der Waals surface area contributed by atoms with Crippen molar-refractivity contribution in [1.82, 2.24) is 30.1 Å². The van der Waals surface area contributed by atoms with E-state index in [0.29, 0.717) is 0 Å². The van der Waals surface area contributed by atoms with Crippen molar-refractivity contribution in [2.45, 2.75) is 0 Å². The van der Waals surface area contributed by atoms with E-state index in [1.807, 2.05) is 29.0 Å². The molecule has 1 aliphatic heterocycles. The van der Waals surface area contributed by atoms with Crippen molar-refractivity contribution >= 4 is 22.4 Å². The van der Waals surface area contributed by atoms with Crippen LogP contribution in [-0.4, -0.2) is 51.0 Å². The number of piperazine rings is 1. The summed E-state index contributed by atoms with van der Waals surface area (Å²) in [6, 6.07) is 10.3. The molecule has 0 bridgehead atoms. The maximum atomic E-state index is 4.83. The minimum atomic E-state index is 0.858. The Balaban J connectivity index is 1.62. The van der Waals surface area contributed by atoms with Gasteiger partial charge in [-0.25, -0.2) is 9.50 Å². The number of hydrogen-bond acceptors (Lipinski definition) is 5. The number of H-pyrrole nitrogens is 1. The molecule has 0 atom stereocenters. The van der Waals surface area contributed by atoms with E-state index < -0.39 is 0 Å². The molecule has 4 heterocycles. The number of benzene rings is 1. The predicted octanol–water partition coefficient (Wildman–Crippen LogP) is 1.68. The van der Waals surface area contributed by atoms with Gasteiger partial charge in [0.05, 0.1) is 23.6 Å². The number of nitrogens with zero attached hydrogens (tertiary/aromatic N) is 5. The van der Waals surface area contributed by atoms with Crippen LogP contribution >= 0.6 is 0 Å². The highest BCUT2D eigenvalue weighted by molar-refractivity contribution is 5.83. The van der Waals surface area contributed by atoms with Crippen molar-refractivity contribution in [3.8, 4) is 11.3 Å². The summed E-state index contributed by atoms with van der Waals surface area (Å²) in [7, 11) is 0. The molecule has 2 N–H and O–H groups in total. The summed E-state index contributed by atoms with van der Waals surface area (Å²) in [5.74, 6) is 0.993. The number of aromatic amines is 1. The second kappa shape index (κ2) is 5.31. The molecule has 1 aliphatic rings. The van der Waals surface area contributed by atoms with Crippen molar-refractivity contribution in [3.05, 3.63) is 42.7 Å². The first-order chi connectivity index (χ1) is 11.9. The molecule has 0 saturated carbocycles. The summed E-state index contributed by atoms with van der Waals surface area (Å²) in [4.78, 5) is 6.80. The lowest BCUT2D eigenvalue weighted by Crippen LogP contribution is -2.44. The third-order valence-electron chi connectivity index (χ3n) is 4.53. The second-order valence-electron chi connectivity index (χ2n) is 6.01. The molecule has 1 aromatic carbocycles. The summed E-state index contributed by atoms with van der Waals surface area (Å²) in [5, 5.41) is 16.4. The lowest BCUT2D eigenvalue weighted by Gasteiger charge is -2.28. The quantitative estimate of drug-likeness (QED) is 0.588. The molecule has 7 nitrogen and oxygen atoms in total. The Morgan fingerprint density at radius 2 is 1.92 bits per heavy atom. The Bertz CT molecular complexity index is 1010. The van der Waals surface area contributed by atoms with Gasteiger partial charge in [0.2, 0.25) is 0 Å². The Morgan fingerprint density at radius 1 is 1.00 bits per heavy atom. The fourth-order valence-corrected chi connectivity index (χ4v) is 3.23. The van der Waals surface area contributed by atoms with Crippen molar-refractivity contribution in [1.29, 1.82) is 0 Å². The summed E-state index contributed by atoms with van der Waals surface area (Å²) in [6.45, 7) is 3.94. The summed E-state index contributed by atoms with van der Waals surface area (Å²) in [6.07, 6.45) is 3.72. The minimum Gasteiger partial charge on any atom is -0.353 e. The maximum absolute atomic E-state index is 4.83. The Hall–Kier alpha value is -2.93. The van der Waals surface area contributed by atoms with Gasteiger partial charge in [0.1, 0.15) is 5.82 Å². The molecular formula is C17H17N7. The molecule has 4 aromatic rings. The zero-order valence-electron chi connectivity index (χ0n) is 13.1. The van der Waals surface area contributed by atoms with Crippen LogP contribution in [-0.2, 0) is 0 Å². The Morgan fingerprint density at radius 3 is 2.83 bits per heavy atom. The molecule has 5 rings (SSSR count). The topological polar surface area (TPSA) is 74.1 Å². The third-order valence-corrected chi connectivity index (χ3v) is 4.53. The van der Waals surface area contributed by atoms with Crippen LogP contribution in [0.1, 0.15) is 0 Å². The maximum Gasteiger partial charge on any atom is 0.154 e. The summed E-state index contributed by atoms with van der Waals surface area (Å²) < 4.78 is 1.93. The summed E-state index contributed by atoms with van der Waals surface area (Å²) >= 11 is 0. The van der Waals surface area contributed by atoms with Gasteiger partial charge < -0.3 is 10.2 Å². The standard InChI is InChI=1S/C17H17N7/c1-2-14-13(10-20-21-14)9-12(1)15-11-19-16-3-4-17(22-24(15)16)23-7-5-18-6-8-23/h1-4,9-11,18H,5-8H2,(H,20,21). The van der Waals surface area contributed by atoms with Gasteiger partial charge in [-0.15, -0.1) is 5.10 Å².